The van der Waals surface area contributed by atoms with Crippen molar-refractivity contribution in [3.8, 4) is 0 Å². The zero-order valence-corrected chi connectivity index (χ0v) is 18.4. The first kappa shape index (κ1) is 20.2. The lowest BCUT2D eigenvalue weighted by Crippen LogP contribution is -2.17. The number of hydrogen-bond donors (Lipinski definition) is 0. The Morgan fingerprint density at radius 1 is 0.679 bits per heavy atom. The van der Waals surface area contributed by atoms with Crippen LogP contribution < -0.4 is 4.90 Å². The van der Waals surface area contributed by atoms with Crippen molar-refractivity contribution >= 4 is 17.1 Å². The molecule has 0 radical (unpaired) electrons. The summed E-state index contributed by atoms with van der Waals surface area (Å²) in [5.41, 5.74) is 9.13. The Labute approximate surface area is 171 Å². The van der Waals surface area contributed by atoms with Crippen LogP contribution in [0.25, 0.3) is 0 Å². The van der Waals surface area contributed by atoms with Crippen LogP contribution in [0.3, 0.4) is 0 Å². The van der Waals surface area contributed by atoms with Gasteiger partial charge in [0.05, 0.1) is 0 Å². The molecule has 0 saturated heterocycles. The van der Waals surface area contributed by atoms with Crippen molar-refractivity contribution in [2.24, 2.45) is 0 Å². The Hall–Kier alpha value is -2.54. The number of anilines is 3. The first-order valence-corrected chi connectivity index (χ1v) is 10.2. The van der Waals surface area contributed by atoms with E-state index in [0.29, 0.717) is 5.92 Å². The summed E-state index contributed by atoms with van der Waals surface area (Å²) >= 11 is 0. The number of aryl methyl sites for hydroxylation is 2. The second-order valence-corrected chi connectivity index (χ2v) is 9.19. The molecule has 0 atom stereocenters. The van der Waals surface area contributed by atoms with Gasteiger partial charge in [-0.3, -0.25) is 0 Å². The van der Waals surface area contributed by atoms with Crippen molar-refractivity contribution in [3.05, 3.63) is 89.0 Å². The minimum absolute atomic E-state index is 0.0977. The van der Waals surface area contributed by atoms with Crippen LogP contribution in [-0.4, -0.2) is 0 Å². The van der Waals surface area contributed by atoms with Gasteiger partial charge in [-0.05, 0) is 83.8 Å². The molecule has 3 rings (SSSR count). The molecule has 0 bridgehead atoms. The van der Waals surface area contributed by atoms with E-state index in [1.807, 2.05) is 0 Å². The third-order valence-corrected chi connectivity index (χ3v) is 5.20. The van der Waals surface area contributed by atoms with Gasteiger partial charge in [0.25, 0.3) is 0 Å². The Bertz CT molecular complexity index is 925. The van der Waals surface area contributed by atoms with Gasteiger partial charge < -0.3 is 4.90 Å². The molecule has 28 heavy (non-hydrogen) atoms. The minimum Gasteiger partial charge on any atom is -0.310 e. The van der Waals surface area contributed by atoms with E-state index in [0.717, 1.165) is 0 Å². The van der Waals surface area contributed by atoms with Gasteiger partial charge in [-0.2, -0.15) is 0 Å². The summed E-state index contributed by atoms with van der Waals surface area (Å²) in [6, 6.07) is 24.4. The molecule has 0 spiro atoms. The van der Waals surface area contributed by atoms with Crippen molar-refractivity contribution in [2.75, 3.05) is 4.90 Å². The zero-order chi connectivity index (χ0) is 20.5. The maximum Gasteiger partial charge on any atom is 0.0466 e. The van der Waals surface area contributed by atoms with Crippen LogP contribution in [0.5, 0.6) is 0 Å². The molecule has 1 heteroatoms. The highest BCUT2D eigenvalue weighted by atomic mass is 15.1. The fraction of sp³-hybridized carbons (Fsp3) is 0.333. The Balaban J connectivity index is 2.24. The van der Waals surface area contributed by atoms with Crippen LogP contribution in [0.1, 0.15) is 62.8 Å². The SMILES string of the molecule is Cc1cc(C)cc(N(c2ccccc2)c2ccc(C(C)C)c(C(C)(C)C)c2)c1. The highest BCUT2D eigenvalue weighted by molar-refractivity contribution is 5.77. The van der Waals surface area contributed by atoms with E-state index in [9.17, 15) is 0 Å². The van der Waals surface area contributed by atoms with E-state index >= 15 is 0 Å². The molecule has 1 nitrogen and oxygen atoms in total. The molecular formula is C27H33N. The van der Waals surface area contributed by atoms with Gasteiger partial charge in [-0.25, -0.2) is 0 Å². The van der Waals surface area contributed by atoms with Crippen LogP contribution in [0.15, 0.2) is 66.7 Å². The summed E-state index contributed by atoms with van der Waals surface area (Å²) in [6.07, 6.45) is 0. The molecule has 3 aromatic carbocycles. The van der Waals surface area contributed by atoms with Gasteiger partial charge in [0.2, 0.25) is 0 Å². The molecule has 0 saturated carbocycles. The van der Waals surface area contributed by atoms with Crippen LogP contribution in [-0.2, 0) is 5.41 Å². The number of rotatable bonds is 4. The second-order valence-electron chi connectivity index (χ2n) is 9.19. The predicted molar refractivity (Wildman–Crippen MR) is 123 cm³/mol. The standard InChI is InChI=1S/C27H33N/c1-19(2)25-14-13-23(18-26(25)27(5,6)7)28(22-11-9-8-10-12-22)24-16-20(3)15-21(4)17-24/h8-19H,1-7H3. The van der Waals surface area contributed by atoms with Crippen molar-refractivity contribution in [2.45, 2.75) is 59.8 Å². The van der Waals surface area contributed by atoms with E-state index in [2.05, 4.69) is 120 Å². The lowest BCUT2D eigenvalue weighted by molar-refractivity contribution is 0.577. The van der Waals surface area contributed by atoms with E-state index in [1.165, 1.54) is 39.3 Å². The molecule has 0 amide bonds. The van der Waals surface area contributed by atoms with Crippen molar-refractivity contribution in [1.29, 1.82) is 0 Å². The number of benzene rings is 3. The van der Waals surface area contributed by atoms with Crippen LogP contribution in [0, 0.1) is 13.8 Å². The van der Waals surface area contributed by atoms with Gasteiger partial charge in [0.15, 0.2) is 0 Å². The molecule has 0 unspecified atom stereocenters. The van der Waals surface area contributed by atoms with Gasteiger partial charge in [0.1, 0.15) is 0 Å². The number of nitrogens with zero attached hydrogens (tertiary/aromatic N) is 1. The van der Waals surface area contributed by atoms with E-state index < -0.39 is 0 Å². The quantitative estimate of drug-likeness (QED) is 0.447. The van der Waals surface area contributed by atoms with E-state index in [1.54, 1.807) is 0 Å². The molecule has 0 fully saturated rings. The summed E-state index contributed by atoms with van der Waals surface area (Å²) in [6.45, 7) is 15.8. The summed E-state index contributed by atoms with van der Waals surface area (Å²) in [4.78, 5) is 2.37. The smallest absolute Gasteiger partial charge is 0.0466 e. The Morgan fingerprint density at radius 3 is 1.82 bits per heavy atom. The second kappa shape index (κ2) is 7.83. The normalized spacial score (nSPS) is 11.7. The lowest BCUT2D eigenvalue weighted by atomic mass is 9.80. The zero-order valence-electron chi connectivity index (χ0n) is 18.4. The summed E-state index contributed by atoms with van der Waals surface area (Å²) in [5.74, 6) is 0.509. The van der Waals surface area contributed by atoms with Crippen LogP contribution >= 0.6 is 0 Å². The van der Waals surface area contributed by atoms with Gasteiger partial charge in [-0.1, -0.05) is 65.0 Å². The van der Waals surface area contributed by atoms with Crippen molar-refractivity contribution in [3.63, 3.8) is 0 Å². The summed E-state index contributed by atoms with van der Waals surface area (Å²) in [5, 5.41) is 0. The first-order chi connectivity index (χ1) is 13.2. The van der Waals surface area contributed by atoms with Crippen LogP contribution in [0.4, 0.5) is 17.1 Å². The maximum absolute atomic E-state index is 2.39. The molecule has 0 aliphatic carbocycles. The molecular weight excluding hydrogens is 338 g/mol. The average molecular weight is 372 g/mol. The van der Waals surface area contributed by atoms with Gasteiger partial charge >= 0.3 is 0 Å². The highest BCUT2D eigenvalue weighted by Gasteiger charge is 2.22. The molecule has 0 aromatic heterocycles. The molecule has 146 valence electrons. The number of hydrogen-bond acceptors (Lipinski definition) is 1. The third kappa shape index (κ3) is 4.30. The van der Waals surface area contributed by atoms with Crippen molar-refractivity contribution < 1.29 is 0 Å². The average Bonchev–Trinajstić information content (AvgIpc) is 2.61. The van der Waals surface area contributed by atoms with Gasteiger partial charge in [0, 0.05) is 17.1 Å². The van der Waals surface area contributed by atoms with E-state index in [4.69, 9.17) is 0 Å². The summed E-state index contributed by atoms with van der Waals surface area (Å²) < 4.78 is 0. The van der Waals surface area contributed by atoms with Crippen molar-refractivity contribution in [1.82, 2.24) is 0 Å². The van der Waals surface area contributed by atoms with Gasteiger partial charge in [-0.15, -0.1) is 0 Å². The fourth-order valence-electron chi connectivity index (χ4n) is 3.94. The predicted octanol–water partition coefficient (Wildman–Crippen LogP) is 8.19. The maximum atomic E-state index is 2.39. The Kier molecular flexibility index (Phi) is 5.65. The summed E-state index contributed by atoms with van der Waals surface area (Å²) in [7, 11) is 0. The molecule has 3 aromatic rings. The third-order valence-electron chi connectivity index (χ3n) is 5.20. The topological polar surface area (TPSA) is 3.24 Å². The molecule has 0 aliphatic rings. The molecule has 0 heterocycles. The monoisotopic (exact) mass is 371 g/mol. The minimum atomic E-state index is 0.0977. The molecule has 0 aliphatic heterocycles. The molecule has 0 N–H and O–H groups in total. The van der Waals surface area contributed by atoms with Crippen LogP contribution in [0.2, 0.25) is 0 Å². The Morgan fingerprint density at radius 2 is 1.29 bits per heavy atom. The number of para-hydroxylation sites is 1. The lowest BCUT2D eigenvalue weighted by Gasteiger charge is -2.30. The fourth-order valence-corrected chi connectivity index (χ4v) is 3.94. The first-order valence-electron chi connectivity index (χ1n) is 10.2. The van der Waals surface area contributed by atoms with E-state index in [-0.39, 0.29) is 5.41 Å². The highest BCUT2D eigenvalue weighted by Crippen LogP contribution is 2.39. The largest absolute Gasteiger partial charge is 0.310 e.